The standard InChI is InChI=1S/C16H16ClF2N/c1-10-6-7-12(13(17)8-10)15(20-2)9-11-4-3-5-14(18)16(11)19/h3-8,15,20H,9H2,1-2H3. The molecule has 1 atom stereocenters. The molecule has 0 heterocycles. The minimum Gasteiger partial charge on any atom is -0.313 e. The molecule has 0 radical (unpaired) electrons. The second-order valence-corrected chi connectivity index (χ2v) is 5.19. The first-order valence-electron chi connectivity index (χ1n) is 6.39. The van der Waals surface area contributed by atoms with Crippen molar-refractivity contribution < 1.29 is 8.78 Å². The first-order chi connectivity index (χ1) is 9.52. The molecular weight excluding hydrogens is 280 g/mol. The summed E-state index contributed by atoms with van der Waals surface area (Å²) in [6.07, 6.45) is 0.336. The van der Waals surface area contributed by atoms with Gasteiger partial charge in [-0.15, -0.1) is 0 Å². The summed E-state index contributed by atoms with van der Waals surface area (Å²) in [6, 6.07) is 9.78. The van der Waals surface area contributed by atoms with Crippen molar-refractivity contribution in [2.24, 2.45) is 0 Å². The smallest absolute Gasteiger partial charge is 0.162 e. The van der Waals surface area contributed by atoms with Crippen molar-refractivity contribution in [3.8, 4) is 0 Å². The zero-order valence-corrected chi connectivity index (χ0v) is 12.1. The van der Waals surface area contributed by atoms with E-state index >= 15 is 0 Å². The van der Waals surface area contributed by atoms with Crippen LogP contribution < -0.4 is 5.32 Å². The van der Waals surface area contributed by atoms with Gasteiger partial charge >= 0.3 is 0 Å². The van der Waals surface area contributed by atoms with E-state index in [2.05, 4.69) is 5.32 Å². The molecule has 2 aromatic carbocycles. The van der Waals surface area contributed by atoms with Crippen molar-refractivity contribution in [1.82, 2.24) is 5.32 Å². The number of hydrogen-bond acceptors (Lipinski definition) is 1. The van der Waals surface area contributed by atoms with Gasteiger partial charge in [-0.25, -0.2) is 8.78 Å². The lowest BCUT2D eigenvalue weighted by Gasteiger charge is -2.19. The first kappa shape index (κ1) is 14.9. The van der Waals surface area contributed by atoms with Crippen molar-refractivity contribution >= 4 is 11.6 Å². The summed E-state index contributed by atoms with van der Waals surface area (Å²) in [5.41, 5.74) is 2.27. The number of hydrogen-bond donors (Lipinski definition) is 1. The normalized spacial score (nSPS) is 12.4. The predicted molar refractivity (Wildman–Crippen MR) is 78.1 cm³/mol. The van der Waals surface area contributed by atoms with E-state index in [1.807, 2.05) is 25.1 Å². The fourth-order valence-electron chi connectivity index (χ4n) is 2.21. The van der Waals surface area contributed by atoms with Gasteiger partial charge in [0.05, 0.1) is 0 Å². The fourth-order valence-corrected chi connectivity index (χ4v) is 2.58. The van der Waals surface area contributed by atoms with Crippen molar-refractivity contribution in [3.63, 3.8) is 0 Å². The van der Waals surface area contributed by atoms with Crippen LogP contribution in [0.1, 0.15) is 22.7 Å². The SMILES string of the molecule is CNC(Cc1cccc(F)c1F)c1ccc(C)cc1Cl. The lowest BCUT2D eigenvalue weighted by atomic mass is 9.97. The lowest BCUT2D eigenvalue weighted by Crippen LogP contribution is -2.20. The maximum atomic E-state index is 13.7. The summed E-state index contributed by atoms with van der Waals surface area (Å²) >= 11 is 6.23. The fraction of sp³-hybridized carbons (Fsp3) is 0.250. The van der Waals surface area contributed by atoms with Crippen LogP contribution in [0.3, 0.4) is 0 Å². The molecule has 1 unspecified atom stereocenters. The number of nitrogens with one attached hydrogen (secondary N) is 1. The molecule has 0 aromatic heterocycles. The second-order valence-electron chi connectivity index (χ2n) is 4.78. The molecular formula is C16H16ClF2N. The summed E-state index contributed by atoms with van der Waals surface area (Å²) in [6.45, 7) is 1.95. The Hall–Kier alpha value is -1.45. The molecule has 1 N–H and O–H groups in total. The maximum Gasteiger partial charge on any atom is 0.162 e. The van der Waals surface area contributed by atoms with E-state index in [1.54, 1.807) is 13.1 Å². The highest BCUT2D eigenvalue weighted by atomic mass is 35.5. The van der Waals surface area contributed by atoms with Crippen LogP contribution in [0.15, 0.2) is 36.4 Å². The highest BCUT2D eigenvalue weighted by molar-refractivity contribution is 6.31. The Morgan fingerprint density at radius 2 is 1.95 bits per heavy atom. The summed E-state index contributed by atoms with van der Waals surface area (Å²) in [7, 11) is 1.78. The molecule has 20 heavy (non-hydrogen) atoms. The van der Waals surface area contributed by atoms with Crippen LogP contribution in [-0.2, 0) is 6.42 Å². The molecule has 4 heteroatoms. The van der Waals surface area contributed by atoms with Gasteiger partial charge in [0.1, 0.15) is 0 Å². The van der Waals surface area contributed by atoms with E-state index in [9.17, 15) is 8.78 Å². The molecule has 0 fully saturated rings. The van der Waals surface area contributed by atoms with E-state index in [4.69, 9.17) is 11.6 Å². The van der Waals surface area contributed by atoms with Gasteiger partial charge in [0.15, 0.2) is 11.6 Å². The van der Waals surface area contributed by atoms with Gasteiger partial charge in [-0.2, -0.15) is 0 Å². The van der Waals surface area contributed by atoms with Crippen molar-refractivity contribution in [2.45, 2.75) is 19.4 Å². The molecule has 0 spiro atoms. The van der Waals surface area contributed by atoms with E-state index < -0.39 is 11.6 Å². The van der Waals surface area contributed by atoms with Gasteiger partial charge in [0, 0.05) is 11.1 Å². The Morgan fingerprint density at radius 1 is 1.20 bits per heavy atom. The quantitative estimate of drug-likeness (QED) is 0.880. The van der Waals surface area contributed by atoms with Crippen LogP contribution >= 0.6 is 11.6 Å². The summed E-state index contributed by atoms with van der Waals surface area (Å²) in [5, 5.41) is 3.73. The second kappa shape index (κ2) is 6.33. The Labute approximate surface area is 122 Å². The third-order valence-corrected chi connectivity index (χ3v) is 3.66. The van der Waals surface area contributed by atoms with Crippen LogP contribution in [0, 0.1) is 18.6 Å². The predicted octanol–water partition coefficient (Wildman–Crippen LogP) is 4.43. The number of aryl methyl sites for hydroxylation is 1. The van der Waals surface area contributed by atoms with Crippen molar-refractivity contribution in [3.05, 3.63) is 69.7 Å². The number of halogens is 3. The van der Waals surface area contributed by atoms with Gasteiger partial charge in [-0.3, -0.25) is 0 Å². The third kappa shape index (κ3) is 3.17. The zero-order valence-electron chi connectivity index (χ0n) is 11.4. The topological polar surface area (TPSA) is 12.0 Å². The molecule has 2 rings (SSSR count). The molecule has 0 aliphatic heterocycles. The van der Waals surface area contributed by atoms with Gasteiger partial charge in [0.25, 0.3) is 0 Å². The first-order valence-corrected chi connectivity index (χ1v) is 6.77. The van der Waals surface area contributed by atoms with Crippen molar-refractivity contribution in [1.29, 1.82) is 0 Å². The molecule has 106 valence electrons. The Balaban J connectivity index is 2.31. The molecule has 0 saturated heterocycles. The molecule has 0 bridgehead atoms. The molecule has 0 saturated carbocycles. The Morgan fingerprint density at radius 3 is 2.60 bits per heavy atom. The maximum absolute atomic E-state index is 13.7. The molecule has 0 amide bonds. The summed E-state index contributed by atoms with van der Waals surface area (Å²) in [5.74, 6) is -1.62. The molecule has 0 aliphatic rings. The van der Waals surface area contributed by atoms with Crippen LogP contribution in [0.4, 0.5) is 8.78 Å². The number of benzene rings is 2. The summed E-state index contributed by atoms with van der Waals surface area (Å²) in [4.78, 5) is 0. The van der Waals surface area contributed by atoms with Crippen LogP contribution in [0.5, 0.6) is 0 Å². The van der Waals surface area contributed by atoms with Gasteiger partial charge in [-0.1, -0.05) is 35.9 Å². The minimum absolute atomic E-state index is 0.167. The number of rotatable bonds is 4. The summed E-state index contributed by atoms with van der Waals surface area (Å²) < 4.78 is 27.0. The largest absolute Gasteiger partial charge is 0.313 e. The minimum atomic E-state index is -0.827. The van der Waals surface area contributed by atoms with Gasteiger partial charge in [0.2, 0.25) is 0 Å². The molecule has 2 aromatic rings. The van der Waals surface area contributed by atoms with E-state index in [0.717, 1.165) is 17.2 Å². The average Bonchev–Trinajstić information content (AvgIpc) is 2.41. The van der Waals surface area contributed by atoms with Crippen molar-refractivity contribution in [2.75, 3.05) is 7.05 Å². The van der Waals surface area contributed by atoms with Gasteiger partial charge in [-0.05, 0) is 49.2 Å². The lowest BCUT2D eigenvalue weighted by molar-refractivity contribution is 0.487. The molecule has 0 aliphatic carbocycles. The highest BCUT2D eigenvalue weighted by Gasteiger charge is 2.17. The third-order valence-electron chi connectivity index (χ3n) is 3.34. The Bertz CT molecular complexity index is 613. The van der Waals surface area contributed by atoms with E-state index in [1.165, 1.54) is 6.07 Å². The van der Waals surface area contributed by atoms with Crippen LogP contribution in [-0.4, -0.2) is 7.05 Å². The molecule has 1 nitrogen and oxygen atoms in total. The van der Waals surface area contributed by atoms with E-state index in [-0.39, 0.29) is 6.04 Å². The van der Waals surface area contributed by atoms with Crippen LogP contribution in [0.25, 0.3) is 0 Å². The Kier molecular flexibility index (Phi) is 4.73. The zero-order chi connectivity index (χ0) is 14.7. The van der Waals surface area contributed by atoms with Gasteiger partial charge < -0.3 is 5.32 Å². The number of likely N-dealkylation sites (N-methyl/N-ethyl adjacent to an activating group) is 1. The monoisotopic (exact) mass is 295 g/mol. The average molecular weight is 296 g/mol. The van der Waals surface area contributed by atoms with E-state index in [0.29, 0.717) is 17.0 Å². The van der Waals surface area contributed by atoms with Crippen LogP contribution in [0.2, 0.25) is 5.02 Å². The highest BCUT2D eigenvalue weighted by Crippen LogP contribution is 2.27.